The molecule has 6 N–H and O–H groups in total. The summed E-state index contributed by atoms with van der Waals surface area (Å²) in [5.74, 6) is 4.03. The lowest BCUT2D eigenvalue weighted by Gasteiger charge is -2.33. The van der Waals surface area contributed by atoms with Gasteiger partial charge in [-0.3, -0.25) is 24.7 Å². The van der Waals surface area contributed by atoms with Crippen molar-refractivity contribution in [1.82, 2.24) is 54.7 Å². The van der Waals surface area contributed by atoms with E-state index in [1.807, 2.05) is 102 Å². The number of sulfonamides is 1. The van der Waals surface area contributed by atoms with Gasteiger partial charge in [-0.05, 0) is 185 Å². The Labute approximate surface area is 770 Å². The summed E-state index contributed by atoms with van der Waals surface area (Å²) in [5.41, 5.74) is 15.1. The van der Waals surface area contributed by atoms with Gasteiger partial charge in [-0.25, -0.2) is 65.1 Å². The number of nitrogens with one attached hydrogen (secondary N) is 4. The van der Waals surface area contributed by atoms with Gasteiger partial charge in [-0.15, -0.1) is 56.7 Å². The summed E-state index contributed by atoms with van der Waals surface area (Å²) in [6.45, 7) is 22.8. The van der Waals surface area contributed by atoms with E-state index in [1.165, 1.54) is 95.1 Å². The second-order valence-electron chi connectivity index (χ2n) is 29.5. The second-order valence-corrected chi connectivity index (χ2v) is 39.8. The van der Waals surface area contributed by atoms with Crippen molar-refractivity contribution in [3.05, 3.63) is 267 Å². The first-order chi connectivity index (χ1) is 62.0. The maximum atomic E-state index is 12.1. The highest BCUT2D eigenvalue weighted by atomic mass is 32.2. The molecule has 129 heavy (non-hydrogen) atoms. The number of anilines is 9. The van der Waals surface area contributed by atoms with Gasteiger partial charge in [0, 0.05) is 155 Å². The van der Waals surface area contributed by atoms with E-state index in [1.54, 1.807) is 136 Å². The predicted molar refractivity (Wildman–Crippen MR) is 517 cm³/mol. The Kier molecular flexibility index (Phi) is 33.0. The van der Waals surface area contributed by atoms with Crippen LogP contribution in [0.1, 0.15) is 68.0 Å². The molecular weight excluding hydrogens is 1790 g/mol. The fourth-order valence-corrected chi connectivity index (χ4v) is 18.5. The molecule has 5 aromatic carbocycles. The Morgan fingerprint density at radius 1 is 0.496 bits per heavy atom. The number of carbonyl (C=O) groups is 1. The zero-order valence-electron chi connectivity index (χ0n) is 72.3. The van der Waals surface area contributed by atoms with Gasteiger partial charge in [0.1, 0.15) is 28.8 Å². The summed E-state index contributed by atoms with van der Waals surface area (Å²) in [6, 6.07) is 44.6. The molecule has 0 atom stereocenters. The SMILES string of the molecule is CC(=O)c1ccc(CC(C)C)c(Cc2nc(-c3ccc(N4CCN(C)CC4)nc3)cs2)c1.CC(C)Oc1ccc(S(C)(=O)=O)cc1Nc1nc(-c2cccnc2)cs1.CCS(=O)(=O)c1ccc(OC)c(Nc2nc(-c3cccnc3)cs2)c1.COc1ccc(S(N)(=O)=O)cc1Nc1nc(-c2cccnc2)cs1.[C-]#[N+]c1ccc(OC)c(Nc2nc(-c3cccnc3)cs2)c1. The third kappa shape index (κ3) is 26.9. The van der Waals surface area contributed by atoms with E-state index in [0.717, 1.165) is 123 Å². The zero-order valence-corrected chi connectivity index (χ0v) is 78.8. The quantitative estimate of drug-likeness (QED) is 0.0225. The highest BCUT2D eigenvalue weighted by molar-refractivity contribution is 7.91. The number of hydrogen-bond acceptors (Lipinski definition) is 32. The maximum Gasteiger partial charge on any atom is 0.238 e. The number of methoxy groups -OCH3 is 3. The number of likely N-dealkylation sites (N-methyl/N-ethyl adjacent to an activating group) is 1. The van der Waals surface area contributed by atoms with Gasteiger partial charge < -0.3 is 50.0 Å². The average Bonchev–Trinajstić information content (AvgIpc) is 1.80. The van der Waals surface area contributed by atoms with Gasteiger partial charge in [-0.2, -0.15) is 0 Å². The van der Waals surface area contributed by atoms with E-state index in [-0.39, 0.29) is 32.3 Å². The first-order valence-corrected chi connectivity index (χ1v) is 49.7. The fourth-order valence-electron chi connectivity index (χ4n) is 12.6. The molecule has 15 aromatic rings. The minimum atomic E-state index is -3.80. The number of nitrogens with zero attached hydrogens (tertiary/aromatic N) is 13. The van der Waals surface area contributed by atoms with Crippen LogP contribution in [0, 0.1) is 12.5 Å². The summed E-state index contributed by atoms with van der Waals surface area (Å²) >= 11 is 7.40. The summed E-state index contributed by atoms with van der Waals surface area (Å²) in [6.07, 6.45) is 18.7. The largest absolute Gasteiger partial charge is 0.495 e. The lowest BCUT2D eigenvalue weighted by molar-refractivity contribution is 0.101. The normalized spacial score (nSPS) is 12.0. The minimum Gasteiger partial charge on any atom is -0.495 e. The Morgan fingerprint density at radius 2 is 0.915 bits per heavy atom. The highest BCUT2D eigenvalue weighted by Gasteiger charge is 2.22. The van der Waals surface area contributed by atoms with Crippen LogP contribution in [-0.2, 0) is 42.5 Å². The number of ether oxygens (including phenoxy) is 4. The van der Waals surface area contributed by atoms with Gasteiger partial charge in [0.05, 0.1) is 111 Å². The van der Waals surface area contributed by atoms with E-state index < -0.39 is 29.7 Å². The van der Waals surface area contributed by atoms with Crippen LogP contribution in [0.5, 0.6) is 23.0 Å². The summed E-state index contributed by atoms with van der Waals surface area (Å²) < 4.78 is 92.6. The average molecular weight is 1880 g/mol. The molecule has 0 unspecified atom stereocenters. The number of thiazole rings is 5. The van der Waals surface area contributed by atoms with Crippen LogP contribution in [0.15, 0.2) is 249 Å². The van der Waals surface area contributed by atoms with Crippen molar-refractivity contribution in [2.75, 3.05) is 92.7 Å². The number of aromatic nitrogens is 10. The summed E-state index contributed by atoms with van der Waals surface area (Å²) in [5, 5.41) is 31.2. The molecule has 11 heterocycles. The Morgan fingerprint density at radius 3 is 1.33 bits per heavy atom. The van der Waals surface area contributed by atoms with E-state index in [4.69, 9.17) is 40.6 Å². The van der Waals surface area contributed by atoms with Crippen LogP contribution >= 0.6 is 56.7 Å². The molecule has 37 heteroatoms. The van der Waals surface area contributed by atoms with Gasteiger partial charge in [0.25, 0.3) is 0 Å². The molecule has 1 aliphatic rings. The Balaban J connectivity index is 0.000000147. The third-order valence-corrected chi connectivity index (χ3v) is 26.9. The first-order valence-electron chi connectivity index (χ1n) is 40.2. The Hall–Kier alpha value is -12.9. The van der Waals surface area contributed by atoms with E-state index in [0.29, 0.717) is 67.1 Å². The third-order valence-electron chi connectivity index (χ3n) is 19.3. The lowest BCUT2D eigenvalue weighted by atomic mass is 9.94. The monoisotopic (exact) mass is 1880 g/mol. The molecular formula is C92H94N18O11S8. The van der Waals surface area contributed by atoms with Crippen LogP contribution < -0.4 is 50.3 Å². The molecule has 29 nitrogen and oxygen atoms in total. The van der Waals surface area contributed by atoms with Crippen molar-refractivity contribution in [2.45, 2.75) is 75.2 Å². The minimum absolute atomic E-state index is 0.00478. The second kappa shape index (κ2) is 44.7. The van der Waals surface area contributed by atoms with Crippen LogP contribution in [0.25, 0.3) is 61.1 Å². The molecule has 0 radical (unpaired) electrons. The number of primary sulfonamides is 1. The molecule has 0 spiro atoms. The van der Waals surface area contributed by atoms with Crippen LogP contribution in [0.4, 0.5) is 54.8 Å². The Bertz CT molecular complexity index is 6670. The molecule has 0 aliphatic carbocycles. The van der Waals surface area contributed by atoms with Crippen LogP contribution in [-0.4, -0.2) is 158 Å². The number of ketones is 1. The number of hydrogen-bond donors (Lipinski definition) is 5. The number of rotatable bonds is 28. The summed E-state index contributed by atoms with van der Waals surface area (Å²) in [7, 11) is -3.62. The van der Waals surface area contributed by atoms with E-state index in [2.05, 4.69) is 120 Å². The number of carbonyl (C=O) groups excluding carboxylic acids is 1. The van der Waals surface area contributed by atoms with E-state index in [9.17, 15) is 30.0 Å². The van der Waals surface area contributed by atoms with Gasteiger partial charge >= 0.3 is 0 Å². The molecule has 1 fully saturated rings. The van der Waals surface area contributed by atoms with Crippen LogP contribution in [0.3, 0.4) is 0 Å². The van der Waals surface area contributed by atoms with Gasteiger partial charge in [0.2, 0.25) is 10.0 Å². The summed E-state index contributed by atoms with van der Waals surface area (Å²) in [4.78, 5) is 64.5. The fraction of sp³-hybridized carbons (Fsp3) is 0.217. The molecule has 1 saturated heterocycles. The standard InChI is InChI=1S/C26H32N4OS.C18H19N3O3S2.C17H17N3O3S2.C16H12N4OS.C15H14N4O3S2/c1-18(2)13-21-6-5-20(19(3)31)14-23(21)15-26-28-24(17-32-26)22-7-8-25(27-16-22)30-11-9-29(4)10-12-30;1-12(2)24-17-7-6-14(26(3,22)23)9-15(17)20-18-21-16(11-25-18)13-5-4-8-19-10-13;1-3-25(21,22)13-6-7-16(23-2)14(9-13)19-17-20-15(11-24-17)12-5-4-8-18-10-12;1-17-12-5-6-15(21-2)13(8-12)19-16-20-14(10-22-16)11-4-3-7-18-9-11;1-22-14-5-4-11(24(16,20)21)7-12(14)18-15-19-13(9-23-15)10-3-2-6-17-8-10/h5-8,14,16-18H,9-13,15H2,1-4H3;4-12H,1-3H3,(H,20,21);4-11H,3H2,1-2H3,(H,19,20);3-10H,2H3,(H,19,20);2-9H,1H3,(H,18,19)(H2,16,20,21). The topological polar surface area (TPSA) is 370 Å². The van der Waals surface area contributed by atoms with E-state index >= 15 is 0 Å². The molecule has 1 aliphatic heterocycles. The number of benzene rings is 5. The van der Waals surface area contributed by atoms with Gasteiger partial charge in [-0.1, -0.05) is 39.0 Å². The molecule has 0 amide bonds. The lowest BCUT2D eigenvalue weighted by Crippen LogP contribution is -2.44. The number of pyridine rings is 5. The molecule has 666 valence electrons. The molecule has 0 saturated carbocycles. The van der Waals surface area contributed by atoms with Crippen molar-refractivity contribution in [1.29, 1.82) is 0 Å². The van der Waals surface area contributed by atoms with Crippen molar-refractivity contribution in [2.24, 2.45) is 11.1 Å². The maximum absolute atomic E-state index is 12.1. The number of Topliss-reactive ketones (excluding diaryl/α,β-unsaturated/α-hetero) is 1. The predicted octanol–water partition coefficient (Wildman–Crippen LogP) is 20.0. The zero-order chi connectivity index (χ0) is 91.8. The van der Waals surface area contributed by atoms with Crippen LogP contribution in [0.2, 0.25) is 0 Å². The smallest absolute Gasteiger partial charge is 0.238 e. The number of piperazine rings is 1. The van der Waals surface area contributed by atoms with Crippen molar-refractivity contribution >= 4 is 147 Å². The van der Waals surface area contributed by atoms with Crippen molar-refractivity contribution in [3.8, 4) is 79.3 Å². The highest BCUT2D eigenvalue weighted by Crippen LogP contribution is 2.40. The molecule has 10 aromatic heterocycles. The van der Waals surface area contributed by atoms with Crippen molar-refractivity contribution in [3.63, 3.8) is 0 Å². The van der Waals surface area contributed by atoms with Crippen molar-refractivity contribution < 1.29 is 49.0 Å². The number of sulfone groups is 2. The number of nitrogens with two attached hydrogens (primary N) is 1. The van der Waals surface area contributed by atoms with Gasteiger partial charge in [0.15, 0.2) is 51.7 Å². The first kappa shape index (κ1) is 95.2. The molecule has 16 rings (SSSR count). The molecule has 0 bridgehead atoms.